The molecule has 0 bridgehead atoms. The third-order valence-corrected chi connectivity index (χ3v) is 3.13. The lowest BCUT2D eigenvalue weighted by Crippen LogP contribution is -2.32. The van der Waals surface area contributed by atoms with Crippen molar-refractivity contribution in [2.45, 2.75) is 31.7 Å². The van der Waals surface area contributed by atoms with Gasteiger partial charge in [0.2, 0.25) is 0 Å². The first-order chi connectivity index (χ1) is 8.20. The van der Waals surface area contributed by atoms with Crippen LogP contribution in [0.5, 0.6) is 11.5 Å². The zero-order valence-electron chi connectivity index (χ0n) is 9.90. The highest BCUT2D eigenvalue weighted by molar-refractivity contribution is 5.95. The number of nitrogens with one attached hydrogen (secondary N) is 1. The van der Waals surface area contributed by atoms with Crippen LogP contribution in [0.2, 0.25) is 0 Å². The zero-order valence-corrected chi connectivity index (χ0v) is 9.90. The number of benzene rings is 1. The van der Waals surface area contributed by atoms with Crippen molar-refractivity contribution >= 4 is 5.91 Å². The molecule has 2 rings (SSSR count). The molecule has 1 saturated carbocycles. The van der Waals surface area contributed by atoms with E-state index in [1.54, 1.807) is 12.1 Å². The summed E-state index contributed by atoms with van der Waals surface area (Å²) in [7, 11) is 1.47. The Morgan fingerprint density at radius 3 is 2.76 bits per heavy atom. The van der Waals surface area contributed by atoms with Crippen LogP contribution in [-0.4, -0.2) is 24.2 Å². The number of phenols is 1. The van der Waals surface area contributed by atoms with Gasteiger partial charge in [0.1, 0.15) is 0 Å². The summed E-state index contributed by atoms with van der Waals surface area (Å²) in [4.78, 5) is 11.9. The van der Waals surface area contributed by atoms with Gasteiger partial charge in [-0.05, 0) is 31.0 Å². The number of rotatable bonds is 3. The molecule has 92 valence electrons. The Kier molecular flexibility index (Phi) is 3.52. The Morgan fingerprint density at radius 1 is 1.41 bits per heavy atom. The number of carbonyl (C=O) groups is 1. The summed E-state index contributed by atoms with van der Waals surface area (Å²) in [6, 6.07) is 4.92. The maximum absolute atomic E-state index is 11.9. The largest absolute Gasteiger partial charge is 0.504 e. The highest BCUT2D eigenvalue weighted by atomic mass is 16.5. The van der Waals surface area contributed by atoms with E-state index in [0.29, 0.717) is 17.4 Å². The van der Waals surface area contributed by atoms with Gasteiger partial charge in [-0.2, -0.15) is 0 Å². The van der Waals surface area contributed by atoms with Crippen LogP contribution in [0.1, 0.15) is 36.0 Å². The van der Waals surface area contributed by atoms with Gasteiger partial charge in [0, 0.05) is 11.6 Å². The average Bonchev–Trinajstić information content (AvgIpc) is 2.82. The van der Waals surface area contributed by atoms with Crippen molar-refractivity contribution in [2.75, 3.05) is 7.11 Å². The van der Waals surface area contributed by atoms with E-state index in [0.717, 1.165) is 12.8 Å². The lowest BCUT2D eigenvalue weighted by Gasteiger charge is -2.12. The summed E-state index contributed by atoms with van der Waals surface area (Å²) in [5.41, 5.74) is 0.520. The molecule has 0 heterocycles. The van der Waals surface area contributed by atoms with Crippen LogP contribution in [0.4, 0.5) is 0 Å². The number of ether oxygens (including phenoxy) is 1. The van der Waals surface area contributed by atoms with Gasteiger partial charge in [0.15, 0.2) is 11.5 Å². The van der Waals surface area contributed by atoms with E-state index >= 15 is 0 Å². The van der Waals surface area contributed by atoms with E-state index in [2.05, 4.69) is 5.32 Å². The lowest BCUT2D eigenvalue weighted by atomic mass is 10.1. The molecule has 1 amide bonds. The van der Waals surface area contributed by atoms with Crippen molar-refractivity contribution in [2.24, 2.45) is 0 Å². The fraction of sp³-hybridized carbons (Fsp3) is 0.462. The number of methoxy groups -OCH3 is 1. The second-order valence-corrected chi connectivity index (χ2v) is 4.34. The van der Waals surface area contributed by atoms with Crippen LogP contribution < -0.4 is 10.1 Å². The van der Waals surface area contributed by atoms with Crippen LogP contribution in [0.25, 0.3) is 0 Å². The number of phenolic OH excluding ortho intramolecular Hbond substituents is 1. The fourth-order valence-corrected chi connectivity index (χ4v) is 2.16. The van der Waals surface area contributed by atoms with Gasteiger partial charge in [-0.3, -0.25) is 4.79 Å². The van der Waals surface area contributed by atoms with Gasteiger partial charge in [-0.25, -0.2) is 0 Å². The topological polar surface area (TPSA) is 58.6 Å². The highest BCUT2D eigenvalue weighted by Crippen LogP contribution is 2.26. The van der Waals surface area contributed by atoms with Gasteiger partial charge in [-0.15, -0.1) is 0 Å². The Balaban J connectivity index is 2.07. The molecule has 0 spiro atoms. The van der Waals surface area contributed by atoms with Crippen LogP contribution in [0.3, 0.4) is 0 Å². The fourth-order valence-electron chi connectivity index (χ4n) is 2.16. The number of carbonyl (C=O) groups excluding carboxylic acids is 1. The summed E-state index contributed by atoms with van der Waals surface area (Å²) in [5.74, 6) is 0.268. The number of aromatic hydroxyl groups is 1. The molecule has 0 saturated heterocycles. The van der Waals surface area contributed by atoms with Crippen LogP contribution >= 0.6 is 0 Å². The second-order valence-electron chi connectivity index (χ2n) is 4.34. The SMILES string of the molecule is COc1cc(C(=O)NC2CCCC2)ccc1O. The third-order valence-electron chi connectivity index (χ3n) is 3.13. The standard InChI is InChI=1S/C13H17NO3/c1-17-12-8-9(6-7-11(12)15)13(16)14-10-4-2-3-5-10/h6-8,10,15H,2-5H2,1H3,(H,14,16). The number of hydrogen-bond donors (Lipinski definition) is 2. The molecule has 1 aromatic rings. The molecule has 1 fully saturated rings. The van der Waals surface area contributed by atoms with Crippen molar-refractivity contribution in [1.29, 1.82) is 0 Å². The van der Waals surface area contributed by atoms with Crippen molar-refractivity contribution in [3.63, 3.8) is 0 Å². The van der Waals surface area contributed by atoms with Gasteiger partial charge >= 0.3 is 0 Å². The molecule has 17 heavy (non-hydrogen) atoms. The minimum Gasteiger partial charge on any atom is -0.504 e. The minimum atomic E-state index is -0.102. The Bertz CT molecular complexity index is 411. The van der Waals surface area contributed by atoms with E-state index in [4.69, 9.17) is 4.74 Å². The van der Waals surface area contributed by atoms with E-state index in [1.165, 1.54) is 26.0 Å². The molecule has 2 N–H and O–H groups in total. The van der Waals surface area contributed by atoms with E-state index < -0.39 is 0 Å². The average molecular weight is 235 g/mol. The molecule has 0 aliphatic heterocycles. The molecule has 1 aliphatic carbocycles. The van der Waals surface area contributed by atoms with Crippen LogP contribution in [0, 0.1) is 0 Å². The molecule has 0 unspecified atom stereocenters. The molecule has 0 atom stereocenters. The van der Waals surface area contributed by atoms with E-state index in [-0.39, 0.29) is 11.7 Å². The highest BCUT2D eigenvalue weighted by Gasteiger charge is 2.18. The molecule has 1 aromatic carbocycles. The molecule has 4 nitrogen and oxygen atoms in total. The zero-order chi connectivity index (χ0) is 12.3. The van der Waals surface area contributed by atoms with Gasteiger partial charge in [-0.1, -0.05) is 12.8 Å². The summed E-state index contributed by atoms with van der Waals surface area (Å²) in [5, 5.41) is 12.4. The van der Waals surface area contributed by atoms with E-state index in [1.807, 2.05) is 0 Å². The normalized spacial score (nSPS) is 15.8. The minimum absolute atomic E-state index is 0.0462. The van der Waals surface area contributed by atoms with Gasteiger partial charge in [0.05, 0.1) is 7.11 Å². The van der Waals surface area contributed by atoms with E-state index in [9.17, 15) is 9.90 Å². The van der Waals surface area contributed by atoms with Gasteiger partial charge in [0.25, 0.3) is 5.91 Å². The summed E-state index contributed by atoms with van der Waals surface area (Å²) in [6.07, 6.45) is 4.48. The Hall–Kier alpha value is -1.71. The molecular weight excluding hydrogens is 218 g/mol. The first-order valence-electron chi connectivity index (χ1n) is 5.88. The number of amides is 1. The summed E-state index contributed by atoms with van der Waals surface area (Å²) in [6.45, 7) is 0. The van der Waals surface area contributed by atoms with Crippen LogP contribution in [-0.2, 0) is 0 Å². The molecular formula is C13H17NO3. The second kappa shape index (κ2) is 5.08. The Morgan fingerprint density at radius 2 is 2.12 bits per heavy atom. The number of hydrogen-bond acceptors (Lipinski definition) is 3. The quantitative estimate of drug-likeness (QED) is 0.843. The monoisotopic (exact) mass is 235 g/mol. The smallest absolute Gasteiger partial charge is 0.251 e. The first kappa shape index (κ1) is 11.8. The predicted molar refractivity (Wildman–Crippen MR) is 64.4 cm³/mol. The maximum Gasteiger partial charge on any atom is 0.251 e. The van der Waals surface area contributed by atoms with Crippen molar-refractivity contribution in [1.82, 2.24) is 5.32 Å². The van der Waals surface area contributed by atoms with Crippen molar-refractivity contribution < 1.29 is 14.6 Å². The predicted octanol–water partition coefficient (Wildman–Crippen LogP) is 2.07. The first-order valence-corrected chi connectivity index (χ1v) is 5.88. The maximum atomic E-state index is 11.9. The molecule has 0 aromatic heterocycles. The Labute approximate surface area is 101 Å². The van der Waals surface area contributed by atoms with Crippen molar-refractivity contribution in [3.8, 4) is 11.5 Å². The summed E-state index contributed by atoms with van der Waals surface area (Å²) < 4.78 is 4.98. The lowest BCUT2D eigenvalue weighted by molar-refractivity contribution is 0.0937. The molecule has 0 radical (unpaired) electrons. The molecule has 4 heteroatoms. The van der Waals surface area contributed by atoms with Crippen molar-refractivity contribution in [3.05, 3.63) is 23.8 Å². The third kappa shape index (κ3) is 2.70. The molecule has 1 aliphatic rings. The summed E-state index contributed by atoms with van der Waals surface area (Å²) >= 11 is 0. The van der Waals surface area contributed by atoms with Crippen LogP contribution in [0.15, 0.2) is 18.2 Å². The van der Waals surface area contributed by atoms with Gasteiger partial charge < -0.3 is 15.2 Å².